The number of rotatable bonds is 5. The largest absolute Gasteiger partial charge is 0.307 e. The lowest BCUT2D eigenvalue weighted by atomic mass is 9.96. The van der Waals surface area contributed by atoms with Crippen molar-refractivity contribution in [2.75, 3.05) is 18.4 Å². The summed E-state index contributed by atoms with van der Waals surface area (Å²) in [7, 11) is -3.24. The lowest BCUT2D eigenvalue weighted by Gasteiger charge is -2.32. The van der Waals surface area contributed by atoms with Gasteiger partial charge in [-0.2, -0.15) is 0 Å². The summed E-state index contributed by atoms with van der Waals surface area (Å²) in [5.41, 5.74) is 2.57. The quantitative estimate of drug-likeness (QED) is 0.837. The van der Waals surface area contributed by atoms with Crippen LogP contribution in [0.1, 0.15) is 49.7 Å². The molecule has 1 saturated heterocycles. The topological polar surface area (TPSA) is 101 Å². The third-order valence-electron chi connectivity index (χ3n) is 4.65. The fourth-order valence-electron chi connectivity index (χ4n) is 3.22. The molecule has 2 aromatic rings. The van der Waals surface area contributed by atoms with Crippen LogP contribution < -0.4 is 5.32 Å². The molecule has 0 amide bonds. The summed E-state index contributed by atoms with van der Waals surface area (Å²) in [4.78, 5) is 17.6. The van der Waals surface area contributed by atoms with Gasteiger partial charge in [-0.15, -0.1) is 0 Å². The molecule has 0 radical (unpaired) electrons. The van der Waals surface area contributed by atoms with Crippen LogP contribution >= 0.6 is 0 Å². The van der Waals surface area contributed by atoms with Crippen molar-refractivity contribution in [3.8, 4) is 0 Å². The summed E-state index contributed by atoms with van der Waals surface area (Å²) in [6.45, 7) is 8.29. The Morgan fingerprint density at radius 1 is 1.15 bits per heavy atom. The van der Waals surface area contributed by atoms with Crippen LogP contribution in [0, 0.1) is 13.8 Å². The van der Waals surface area contributed by atoms with Gasteiger partial charge in [-0.25, -0.2) is 27.7 Å². The molecule has 0 aromatic carbocycles. The van der Waals surface area contributed by atoms with Gasteiger partial charge in [0.05, 0.1) is 23.3 Å². The monoisotopic (exact) mass is 390 g/mol. The van der Waals surface area contributed by atoms with E-state index < -0.39 is 15.3 Å². The minimum Gasteiger partial charge on any atom is -0.307 e. The molecule has 0 unspecified atom stereocenters. The van der Waals surface area contributed by atoms with Crippen LogP contribution in [0.3, 0.4) is 0 Å². The molecule has 1 fully saturated rings. The minimum atomic E-state index is -3.24. The summed E-state index contributed by atoms with van der Waals surface area (Å²) in [5, 5.41) is 2.65. The molecule has 0 spiro atoms. The standard InChI is InChI=1S/C18H26N6O2S/c1-12(2)27(25,26)24-7-5-6-15(11-24)16-9-20-17(10-19-16)23-18-21-13(3)8-14(4)22-18/h8-10,12,15H,5-7,11H2,1-4H3,(H,20,21,22,23)/t15-/m1/s1. The first-order valence-corrected chi connectivity index (χ1v) is 10.7. The van der Waals surface area contributed by atoms with E-state index in [9.17, 15) is 8.42 Å². The summed E-state index contributed by atoms with van der Waals surface area (Å²) < 4.78 is 26.5. The van der Waals surface area contributed by atoms with Gasteiger partial charge < -0.3 is 5.32 Å². The molecular weight excluding hydrogens is 364 g/mol. The molecular formula is C18H26N6O2S. The summed E-state index contributed by atoms with van der Waals surface area (Å²) in [5.74, 6) is 1.11. The Labute approximate surface area is 160 Å². The third kappa shape index (κ3) is 4.59. The number of piperidine rings is 1. The highest BCUT2D eigenvalue weighted by Crippen LogP contribution is 2.28. The highest BCUT2D eigenvalue weighted by atomic mass is 32.2. The number of anilines is 2. The van der Waals surface area contributed by atoms with E-state index in [0.29, 0.717) is 24.9 Å². The van der Waals surface area contributed by atoms with Crippen LogP contribution in [0.4, 0.5) is 11.8 Å². The van der Waals surface area contributed by atoms with E-state index in [1.165, 1.54) is 0 Å². The number of sulfonamides is 1. The van der Waals surface area contributed by atoms with E-state index in [2.05, 4.69) is 25.3 Å². The number of hydrogen-bond acceptors (Lipinski definition) is 7. The van der Waals surface area contributed by atoms with Gasteiger partial charge in [0.1, 0.15) is 0 Å². The van der Waals surface area contributed by atoms with Crippen molar-refractivity contribution < 1.29 is 8.42 Å². The lowest BCUT2D eigenvalue weighted by Crippen LogP contribution is -2.42. The number of nitrogens with one attached hydrogen (secondary N) is 1. The average molecular weight is 391 g/mol. The second-order valence-electron chi connectivity index (χ2n) is 7.22. The van der Waals surface area contributed by atoms with Crippen molar-refractivity contribution in [3.05, 3.63) is 35.5 Å². The molecule has 1 N–H and O–H groups in total. The molecule has 146 valence electrons. The van der Waals surface area contributed by atoms with Crippen molar-refractivity contribution in [2.24, 2.45) is 0 Å². The number of hydrogen-bond donors (Lipinski definition) is 1. The summed E-state index contributed by atoms with van der Waals surface area (Å²) >= 11 is 0. The van der Waals surface area contributed by atoms with Crippen molar-refractivity contribution in [1.82, 2.24) is 24.2 Å². The molecule has 0 aliphatic carbocycles. The Bertz CT molecular complexity index is 878. The van der Waals surface area contributed by atoms with Gasteiger partial charge in [-0.1, -0.05) is 0 Å². The zero-order valence-corrected chi connectivity index (χ0v) is 17.0. The second-order valence-corrected chi connectivity index (χ2v) is 9.71. The number of aryl methyl sites for hydroxylation is 2. The van der Waals surface area contributed by atoms with Crippen LogP contribution in [0.5, 0.6) is 0 Å². The highest BCUT2D eigenvalue weighted by Gasteiger charge is 2.32. The smallest absolute Gasteiger partial charge is 0.228 e. The van der Waals surface area contributed by atoms with E-state index in [1.54, 1.807) is 30.5 Å². The molecule has 3 heterocycles. The average Bonchev–Trinajstić information content (AvgIpc) is 2.61. The normalized spacial score (nSPS) is 18.6. The van der Waals surface area contributed by atoms with Crippen molar-refractivity contribution in [3.63, 3.8) is 0 Å². The molecule has 3 rings (SSSR count). The van der Waals surface area contributed by atoms with E-state index in [4.69, 9.17) is 0 Å². The fourth-order valence-corrected chi connectivity index (χ4v) is 4.59. The van der Waals surface area contributed by atoms with Gasteiger partial charge in [0, 0.05) is 30.4 Å². The Morgan fingerprint density at radius 2 is 1.85 bits per heavy atom. The van der Waals surface area contributed by atoms with Gasteiger partial charge in [0.15, 0.2) is 5.82 Å². The molecule has 1 aliphatic heterocycles. The molecule has 9 heteroatoms. The van der Waals surface area contributed by atoms with E-state index in [0.717, 1.165) is 29.9 Å². The first-order chi connectivity index (χ1) is 12.8. The Kier molecular flexibility index (Phi) is 5.71. The first-order valence-electron chi connectivity index (χ1n) is 9.16. The van der Waals surface area contributed by atoms with Crippen molar-refractivity contribution in [2.45, 2.75) is 51.7 Å². The highest BCUT2D eigenvalue weighted by molar-refractivity contribution is 7.89. The van der Waals surface area contributed by atoms with Gasteiger partial charge >= 0.3 is 0 Å². The second kappa shape index (κ2) is 7.85. The molecule has 27 heavy (non-hydrogen) atoms. The van der Waals surface area contributed by atoms with Gasteiger partial charge in [0.25, 0.3) is 0 Å². The van der Waals surface area contributed by atoms with Gasteiger partial charge in [0.2, 0.25) is 16.0 Å². The van der Waals surface area contributed by atoms with Crippen LogP contribution in [-0.2, 0) is 10.0 Å². The SMILES string of the molecule is Cc1cc(C)nc(Nc2cnc([C@@H]3CCCN(S(=O)(=O)C(C)C)C3)cn2)n1. The van der Waals surface area contributed by atoms with Crippen LogP contribution in [-0.4, -0.2) is 51.0 Å². The van der Waals surface area contributed by atoms with Crippen LogP contribution in [0.2, 0.25) is 0 Å². The van der Waals surface area contributed by atoms with Crippen molar-refractivity contribution >= 4 is 21.8 Å². The maximum atomic E-state index is 12.4. The summed E-state index contributed by atoms with van der Waals surface area (Å²) in [6, 6.07) is 1.90. The van der Waals surface area contributed by atoms with Crippen LogP contribution in [0.25, 0.3) is 0 Å². The van der Waals surface area contributed by atoms with E-state index in [-0.39, 0.29) is 5.92 Å². The minimum absolute atomic E-state index is 0.0614. The van der Waals surface area contributed by atoms with Crippen molar-refractivity contribution in [1.29, 1.82) is 0 Å². The number of nitrogens with zero attached hydrogens (tertiary/aromatic N) is 5. The van der Waals surface area contributed by atoms with E-state index in [1.807, 2.05) is 19.9 Å². The van der Waals surface area contributed by atoms with Crippen LogP contribution in [0.15, 0.2) is 18.5 Å². The zero-order valence-electron chi connectivity index (χ0n) is 16.2. The number of aromatic nitrogens is 4. The maximum Gasteiger partial charge on any atom is 0.228 e. The predicted octanol–water partition coefficient (Wildman–Crippen LogP) is 2.54. The Morgan fingerprint density at radius 3 is 2.44 bits per heavy atom. The predicted molar refractivity (Wildman–Crippen MR) is 104 cm³/mol. The van der Waals surface area contributed by atoms with E-state index >= 15 is 0 Å². The molecule has 8 nitrogen and oxygen atoms in total. The Hall–Kier alpha value is -2.13. The summed E-state index contributed by atoms with van der Waals surface area (Å²) in [6.07, 6.45) is 5.09. The Balaban J connectivity index is 1.71. The first kappa shape index (κ1) is 19.6. The lowest BCUT2D eigenvalue weighted by molar-refractivity contribution is 0.310. The van der Waals surface area contributed by atoms with Gasteiger partial charge in [-0.05, 0) is 46.6 Å². The fraction of sp³-hybridized carbons (Fsp3) is 0.556. The third-order valence-corrected chi connectivity index (χ3v) is 6.89. The molecule has 2 aromatic heterocycles. The molecule has 0 bridgehead atoms. The maximum absolute atomic E-state index is 12.4. The molecule has 1 aliphatic rings. The molecule has 0 saturated carbocycles. The molecule has 1 atom stereocenters. The zero-order chi connectivity index (χ0) is 19.6. The van der Waals surface area contributed by atoms with Gasteiger partial charge in [-0.3, -0.25) is 4.98 Å².